The Hall–Kier alpha value is -1.96. The summed E-state index contributed by atoms with van der Waals surface area (Å²) in [5, 5.41) is 1.70. The van der Waals surface area contributed by atoms with Gasteiger partial charge in [-0.1, -0.05) is 29.0 Å². The minimum Gasteiger partial charge on any atom is -0.494 e. The van der Waals surface area contributed by atoms with Crippen LogP contribution in [0.2, 0.25) is 5.02 Å². The van der Waals surface area contributed by atoms with E-state index in [-0.39, 0.29) is 5.91 Å². The highest BCUT2D eigenvalue weighted by molar-refractivity contribution is 8.00. The van der Waals surface area contributed by atoms with Crippen molar-refractivity contribution < 1.29 is 9.53 Å². The molecule has 5 nitrogen and oxygen atoms in total. The molecule has 3 aromatic rings. The van der Waals surface area contributed by atoms with E-state index >= 15 is 0 Å². The third kappa shape index (κ3) is 4.21. The van der Waals surface area contributed by atoms with Crippen LogP contribution in [0.25, 0.3) is 10.2 Å². The molecule has 1 amide bonds. The smallest absolute Gasteiger partial charge is 0.233 e. The number of thioether (sulfide) groups is 1. The van der Waals surface area contributed by atoms with Gasteiger partial charge in [-0.2, -0.15) is 0 Å². The number of hydrogen-bond acceptors (Lipinski definition) is 6. The van der Waals surface area contributed by atoms with E-state index in [1.807, 2.05) is 41.3 Å². The maximum absolute atomic E-state index is 12.5. The summed E-state index contributed by atoms with van der Waals surface area (Å²) in [7, 11) is 1.67. The number of ether oxygens (including phenoxy) is 1. The van der Waals surface area contributed by atoms with E-state index in [9.17, 15) is 4.79 Å². The average molecular weight is 434 g/mol. The van der Waals surface area contributed by atoms with Crippen LogP contribution in [-0.4, -0.2) is 54.8 Å². The van der Waals surface area contributed by atoms with Crippen LogP contribution in [0.5, 0.6) is 5.75 Å². The zero-order valence-electron chi connectivity index (χ0n) is 15.4. The first kappa shape index (κ1) is 19.4. The Bertz CT molecular complexity index is 969. The highest BCUT2D eigenvalue weighted by atomic mass is 35.5. The van der Waals surface area contributed by atoms with Gasteiger partial charge in [-0.25, -0.2) is 4.98 Å². The molecule has 2 aromatic carbocycles. The van der Waals surface area contributed by atoms with Gasteiger partial charge in [-0.15, -0.1) is 11.8 Å². The van der Waals surface area contributed by atoms with Crippen molar-refractivity contribution in [2.75, 3.05) is 43.9 Å². The lowest BCUT2D eigenvalue weighted by Crippen LogP contribution is -2.49. The zero-order valence-corrected chi connectivity index (χ0v) is 17.8. The maximum atomic E-state index is 12.5. The fourth-order valence-corrected chi connectivity index (χ4v) is 5.09. The van der Waals surface area contributed by atoms with Crippen molar-refractivity contribution in [1.82, 2.24) is 9.88 Å². The molecular weight excluding hydrogens is 414 g/mol. The lowest BCUT2D eigenvalue weighted by molar-refractivity contribution is -0.128. The number of carbonyl (C=O) groups excluding carboxylic acids is 1. The van der Waals surface area contributed by atoms with E-state index in [4.69, 9.17) is 21.3 Å². The fraction of sp³-hybridized carbons (Fsp3) is 0.300. The molecular formula is C20H20ClN3O2S2. The van der Waals surface area contributed by atoms with Crippen LogP contribution in [-0.2, 0) is 4.79 Å². The fourth-order valence-electron chi connectivity index (χ4n) is 3.13. The highest BCUT2D eigenvalue weighted by Crippen LogP contribution is 2.34. The Morgan fingerprint density at radius 2 is 1.93 bits per heavy atom. The van der Waals surface area contributed by atoms with Crippen molar-refractivity contribution in [3.8, 4) is 5.75 Å². The minimum absolute atomic E-state index is 0.172. The van der Waals surface area contributed by atoms with Crippen molar-refractivity contribution in [3.05, 3.63) is 47.5 Å². The summed E-state index contributed by atoms with van der Waals surface area (Å²) in [5.74, 6) is 1.42. The van der Waals surface area contributed by atoms with Crippen LogP contribution in [0.4, 0.5) is 5.13 Å². The van der Waals surface area contributed by atoms with Crippen LogP contribution >= 0.6 is 34.7 Å². The number of benzene rings is 2. The van der Waals surface area contributed by atoms with Gasteiger partial charge in [-0.3, -0.25) is 4.79 Å². The van der Waals surface area contributed by atoms with Gasteiger partial charge in [0.1, 0.15) is 11.3 Å². The van der Waals surface area contributed by atoms with Crippen molar-refractivity contribution in [2.45, 2.75) is 4.90 Å². The number of anilines is 1. The molecule has 0 radical (unpaired) electrons. The average Bonchev–Trinajstić information content (AvgIpc) is 3.17. The van der Waals surface area contributed by atoms with Gasteiger partial charge in [0.25, 0.3) is 0 Å². The van der Waals surface area contributed by atoms with Gasteiger partial charge < -0.3 is 14.5 Å². The highest BCUT2D eigenvalue weighted by Gasteiger charge is 2.23. The van der Waals surface area contributed by atoms with E-state index in [1.165, 1.54) is 0 Å². The van der Waals surface area contributed by atoms with Crippen LogP contribution in [0.15, 0.2) is 47.4 Å². The number of fused-ring (bicyclic) bond motifs is 1. The summed E-state index contributed by atoms with van der Waals surface area (Å²) in [6, 6.07) is 13.6. The third-order valence-corrected chi connectivity index (χ3v) is 7.00. The van der Waals surface area contributed by atoms with Gasteiger partial charge in [0, 0.05) is 36.1 Å². The molecule has 0 spiro atoms. The van der Waals surface area contributed by atoms with E-state index in [0.29, 0.717) is 23.9 Å². The van der Waals surface area contributed by atoms with E-state index in [0.717, 1.165) is 39.1 Å². The Kier molecular flexibility index (Phi) is 5.94. The molecule has 8 heteroatoms. The Balaban J connectivity index is 1.34. The van der Waals surface area contributed by atoms with Gasteiger partial charge >= 0.3 is 0 Å². The number of nitrogens with zero attached hydrogens (tertiary/aromatic N) is 3. The van der Waals surface area contributed by atoms with E-state index in [2.05, 4.69) is 11.0 Å². The van der Waals surface area contributed by atoms with Gasteiger partial charge in [-0.05, 0) is 36.4 Å². The minimum atomic E-state index is 0.172. The number of hydrogen-bond donors (Lipinski definition) is 0. The molecule has 2 heterocycles. The first-order chi connectivity index (χ1) is 13.6. The Labute approximate surface area is 177 Å². The summed E-state index contributed by atoms with van der Waals surface area (Å²) < 4.78 is 6.53. The number of piperazine rings is 1. The number of para-hydroxylation sites is 1. The predicted octanol–water partition coefficient (Wildman–Crippen LogP) is 4.40. The first-order valence-electron chi connectivity index (χ1n) is 8.98. The zero-order chi connectivity index (χ0) is 19.5. The lowest BCUT2D eigenvalue weighted by Gasteiger charge is -2.34. The van der Waals surface area contributed by atoms with Crippen LogP contribution in [0.1, 0.15) is 0 Å². The van der Waals surface area contributed by atoms with Crippen molar-refractivity contribution >= 4 is 56.0 Å². The molecule has 0 N–H and O–H groups in total. The molecule has 1 fully saturated rings. The normalized spacial score (nSPS) is 14.5. The molecule has 0 aliphatic carbocycles. The number of rotatable bonds is 5. The monoisotopic (exact) mass is 433 g/mol. The number of aromatic nitrogens is 1. The SMILES string of the molecule is COc1cccc2sc(N3CCN(C(=O)CSc4ccc(Cl)cc4)CC3)nc12. The topological polar surface area (TPSA) is 45.7 Å². The number of methoxy groups -OCH3 is 1. The first-order valence-corrected chi connectivity index (χ1v) is 11.2. The third-order valence-electron chi connectivity index (χ3n) is 4.67. The van der Waals surface area contributed by atoms with Crippen molar-refractivity contribution in [3.63, 3.8) is 0 Å². The summed E-state index contributed by atoms with van der Waals surface area (Å²) in [6.45, 7) is 3.01. The second-order valence-corrected chi connectivity index (χ2v) is 8.91. The van der Waals surface area contributed by atoms with Gasteiger partial charge in [0.2, 0.25) is 5.91 Å². The standard InChI is InChI=1S/C20H20ClN3O2S2/c1-26-16-3-2-4-17-19(16)22-20(28-17)24-11-9-23(10-12-24)18(25)13-27-15-7-5-14(21)6-8-15/h2-8H,9-13H2,1H3. The molecule has 146 valence electrons. The molecule has 0 unspecified atom stereocenters. The maximum Gasteiger partial charge on any atom is 0.233 e. The molecule has 4 rings (SSSR count). The van der Waals surface area contributed by atoms with Crippen molar-refractivity contribution in [1.29, 1.82) is 0 Å². The molecule has 1 aliphatic heterocycles. The molecule has 1 saturated heterocycles. The number of halogens is 1. The molecule has 0 bridgehead atoms. The number of thiazole rings is 1. The van der Waals surface area contributed by atoms with Crippen LogP contribution < -0.4 is 9.64 Å². The molecule has 1 aromatic heterocycles. The molecule has 0 atom stereocenters. The predicted molar refractivity (Wildman–Crippen MR) is 117 cm³/mol. The quantitative estimate of drug-likeness (QED) is 0.558. The van der Waals surface area contributed by atoms with Gasteiger partial charge in [0.05, 0.1) is 17.6 Å². The summed E-state index contributed by atoms with van der Waals surface area (Å²) in [6.07, 6.45) is 0. The lowest BCUT2D eigenvalue weighted by atomic mass is 10.3. The Morgan fingerprint density at radius 1 is 1.18 bits per heavy atom. The summed E-state index contributed by atoms with van der Waals surface area (Å²) >= 11 is 9.12. The summed E-state index contributed by atoms with van der Waals surface area (Å²) in [4.78, 5) is 22.5. The second-order valence-electron chi connectivity index (χ2n) is 6.41. The number of amides is 1. The van der Waals surface area contributed by atoms with Crippen molar-refractivity contribution in [2.24, 2.45) is 0 Å². The molecule has 0 saturated carbocycles. The van der Waals surface area contributed by atoms with Crippen LogP contribution in [0, 0.1) is 0 Å². The Morgan fingerprint density at radius 3 is 2.64 bits per heavy atom. The van der Waals surface area contributed by atoms with E-state index < -0.39 is 0 Å². The molecule has 28 heavy (non-hydrogen) atoms. The van der Waals surface area contributed by atoms with Gasteiger partial charge in [0.15, 0.2) is 5.13 Å². The largest absolute Gasteiger partial charge is 0.494 e. The molecule has 1 aliphatic rings. The summed E-state index contributed by atoms with van der Waals surface area (Å²) in [5.41, 5.74) is 0.905. The number of carbonyl (C=O) groups is 1. The van der Waals surface area contributed by atoms with E-state index in [1.54, 1.807) is 30.2 Å². The second kappa shape index (κ2) is 8.59. The van der Waals surface area contributed by atoms with Crippen LogP contribution in [0.3, 0.4) is 0 Å².